The Morgan fingerprint density at radius 3 is 2.65 bits per heavy atom. The molecule has 0 unspecified atom stereocenters. The number of ketones is 2. The number of rotatable bonds is 5. The zero-order valence-corrected chi connectivity index (χ0v) is 19.6. The van der Waals surface area contributed by atoms with Crippen LogP contribution in [0.3, 0.4) is 0 Å². The first-order chi connectivity index (χ1) is 16.3. The van der Waals surface area contributed by atoms with Crippen LogP contribution in [0.4, 0.5) is 5.69 Å². The van der Waals surface area contributed by atoms with Crippen molar-refractivity contribution in [2.75, 3.05) is 0 Å². The number of hydrogen-bond donors (Lipinski definition) is 1. The van der Waals surface area contributed by atoms with Crippen LogP contribution in [0.25, 0.3) is 10.8 Å². The van der Waals surface area contributed by atoms with Crippen molar-refractivity contribution < 1.29 is 19.2 Å². The number of fused-ring (bicyclic) bond motifs is 2. The number of benzene rings is 2. The van der Waals surface area contributed by atoms with Crippen molar-refractivity contribution in [2.24, 2.45) is 10.4 Å². The Morgan fingerprint density at radius 1 is 1.06 bits per heavy atom. The van der Waals surface area contributed by atoms with Crippen LogP contribution in [0.15, 0.2) is 63.3 Å². The van der Waals surface area contributed by atoms with Crippen LogP contribution < -0.4 is 0 Å². The molecule has 3 aromatic rings. The van der Waals surface area contributed by atoms with Crippen LogP contribution in [0.1, 0.15) is 67.8 Å². The first kappa shape index (κ1) is 22.3. The molecule has 0 amide bonds. The highest BCUT2D eigenvalue weighted by molar-refractivity contribution is 6.24. The monoisotopic (exact) mass is 456 g/mol. The third kappa shape index (κ3) is 4.32. The molecule has 0 bridgehead atoms. The largest absolute Gasteiger partial charge is 0.511 e. The Kier molecular flexibility index (Phi) is 5.68. The molecule has 6 heteroatoms. The smallest absolute Gasteiger partial charge is 0.168 e. The van der Waals surface area contributed by atoms with Gasteiger partial charge in [0, 0.05) is 25.7 Å². The van der Waals surface area contributed by atoms with Gasteiger partial charge < -0.3 is 9.63 Å². The predicted molar refractivity (Wildman–Crippen MR) is 131 cm³/mol. The molecule has 1 N–H and O–H groups in total. The minimum atomic E-state index is -0.295. The average Bonchev–Trinajstić information content (AvgIpc) is 3.20. The van der Waals surface area contributed by atoms with Crippen LogP contribution in [-0.4, -0.2) is 27.5 Å². The second-order valence-electron chi connectivity index (χ2n) is 10.1. The van der Waals surface area contributed by atoms with Gasteiger partial charge in [-0.25, -0.2) is 0 Å². The first-order valence-corrected chi connectivity index (χ1v) is 11.8. The quantitative estimate of drug-likeness (QED) is 0.458. The average molecular weight is 457 g/mol. The lowest BCUT2D eigenvalue weighted by Crippen LogP contribution is -2.29. The van der Waals surface area contributed by atoms with Gasteiger partial charge in [-0.15, -0.1) is 0 Å². The van der Waals surface area contributed by atoms with E-state index in [1.165, 1.54) is 0 Å². The minimum Gasteiger partial charge on any atom is -0.511 e. The maximum atomic E-state index is 13.1. The normalized spacial score (nSPS) is 18.5. The maximum absolute atomic E-state index is 13.1. The van der Waals surface area contributed by atoms with Gasteiger partial charge in [-0.2, -0.15) is 0 Å². The van der Waals surface area contributed by atoms with E-state index in [9.17, 15) is 14.7 Å². The molecular weight excluding hydrogens is 428 g/mol. The van der Waals surface area contributed by atoms with Crippen molar-refractivity contribution in [3.63, 3.8) is 0 Å². The third-order valence-electron chi connectivity index (χ3n) is 6.66. The summed E-state index contributed by atoms with van der Waals surface area (Å²) in [5, 5.41) is 17.2. The fourth-order valence-corrected chi connectivity index (χ4v) is 5.05. The molecule has 0 fully saturated rings. The SMILES string of the molecule is CC1(C)CC(=O)C(C(CCc2noc3c2C(=O)CCC3)=Nc2ccc3ccccc3c2)=C(O)C1. The van der Waals surface area contributed by atoms with Gasteiger partial charge in [-0.1, -0.05) is 49.3 Å². The van der Waals surface area contributed by atoms with Gasteiger partial charge in [0.05, 0.1) is 28.2 Å². The Balaban J connectivity index is 1.53. The zero-order valence-electron chi connectivity index (χ0n) is 19.6. The third-order valence-corrected chi connectivity index (χ3v) is 6.66. The Morgan fingerprint density at radius 2 is 1.85 bits per heavy atom. The van der Waals surface area contributed by atoms with Crippen LogP contribution in [0.5, 0.6) is 0 Å². The molecule has 6 nitrogen and oxygen atoms in total. The van der Waals surface area contributed by atoms with Gasteiger partial charge in [-0.3, -0.25) is 14.6 Å². The van der Waals surface area contributed by atoms with Crippen molar-refractivity contribution >= 4 is 33.7 Å². The lowest BCUT2D eigenvalue weighted by atomic mass is 9.75. The number of allylic oxidation sites excluding steroid dienone is 2. The van der Waals surface area contributed by atoms with Gasteiger partial charge in [0.15, 0.2) is 11.6 Å². The first-order valence-electron chi connectivity index (χ1n) is 11.8. The Hall–Kier alpha value is -3.54. The summed E-state index contributed by atoms with van der Waals surface area (Å²) in [5.74, 6) is 0.686. The van der Waals surface area contributed by atoms with Crippen molar-refractivity contribution in [3.05, 3.63) is 70.8 Å². The van der Waals surface area contributed by atoms with Gasteiger partial charge in [-0.05, 0) is 47.6 Å². The van der Waals surface area contributed by atoms with E-state index in [1.807, 2.05) is 56.3 Å². The van der Waals surface area contributed by atoms with E-state index in [4.69, 9.17) is 9.52 Å². The number of aromatic nitrogens is 1. The Labute approximate surface area is 198 Å². The summed E-state index contributed by atoms with van der Waals surface area (Å²) in [7, 11) is 0. The molecular formula is C28H28N2O4. The summed E-state index contributed by atoms with van der Waals surface area (Å²) in [6.07, 6.45) is 3.53. The maximum Gasteiger partial charge on any atom is 0.168 e. The van der Waals surface area contributed by atoms with E-state index in [1.54, 1.807) is 0 Å². The van der Waals surface area contributed by atoms with Crippen LogP contribution in [0.2, 0.25) is 0 Å². The second kappa shape index (κ2) is 8.67. The highest BCUT2D eigenvalue weighted by atomic mass is 16.5. The van der Waals surface area contributed by atoms with E-state index >= 15 is 0 Å². The number of Topliss-reactive ketones (excluding diaryl/α,β-unsaturated/α-hetero) is 2. The number of carbonyl (C=O) groups is 2. The van der Waals surface area contributed by atoms with Crippen LogP contribution >= 0.6 is 0 Å². The molecule has 0 atom stereocenters. The Bertz CT molecular complexity index is 1360. The van der Waals surface area contributed by atoms with E-state index < -0.39 is 0 Å². The molecule has 1 aromatic heterocycles. The molecule has 34 heavy (non-hydrogen) atoms. The number of hydrogen-bond acceptors (Lipinski definition) is 6. The van der Waals surface area contributed by atoms with E-state index in [0.29, 0.717) is 72.5 Å². The number of aliphatic imine (C=N–C) groups is 1. The second-order valence-corrected chi connectivity index (χ2v) is 10.1. The number of aryl methyl sites for hydroxylation is 2. The van der Waals surface area contributed by atoms with E-state index in [2.05, 4.69) is 5.16 Å². The summed E-state index contributed by atoms with van der Waals surface area (Å²) in [4.78, 5) is 30.4. The molecule has 2 aliphatic carbocycles. The molecule has 0 saturated heterocycles. The molecule has 5 rings (SSSR count). The van der Waals surface area contributed by atoms with E-state index in [0.717, 1.165) is 17.2 Å². The van der Waals surface area contributed by atoms with Crippen LogP contribution in [0, 0.1) is 5.41 Å². The molecule has 1 heterocycles. The highest BCUT2D eigenvalue weighted by Gasteiger charge is 2.35. The van der Waals surface area contributed by atoms with Crippen molar-refractivity contribution in [2.45, 2.75) is 58.8 Å². The number of carbonyl (C=O) groups excluding carboxylic acids is 2. The van der Waals surface area contributed by atoms with Gasteiger partial charge >= 0.3 is 0 Å². The van der Waals surface area contributed by atoms with E-state index in [-0.39, 0.29) is 22.7 Å². The summed E-state index contributed by atoms with van der Waals surface area (Å²) >= 11 is 0. The van der Waals surface area contributed by atoms with Crippen molar-refractivity contribution in [3.8, 4) is 0 Å². The topological polar surface area (TPSA) is 92.8 Å². The fourth-order valence-electron chi connectivity index (χ4n) is 5.05. The van der Waals surface area contributed by atoms with Crippen molar-refractivity contribution in [1.29, 1.82) is 0 Å². The van der Waals surface area contributed by atoms with Gasteiger partial charge in [0.25, 0.3) is 0 Å². The predicted octanol–water partition coefficient (Wildman–Crippen LogP) is 6.25. The molecule has 174 valence electrons. The molecule has 2 aliphatic rings. The summed E-state index contributed by atoms with van der Waals surface area (Å²) < 4.78 is 5.43. The fraction of sp³-hybridized carbons (Fsp3) is 0.357. The summed E-state index contributed by atoms with van der Waals surface area (Å²) in [6.45, 7) is 3.96. The van der Waals surface area contributed by atoms with Crippen molar-refractivity contribution in [1.82, 2.24) is 5.16 Å². The minimum absolute atomic E-state index is 0.0584. The molecule has 2 aromatic carbocycles. The zero-order chi connectivity index (χ0) is 23.9. The summed E-state index contributed by atoms with van der Waals surface area (Å²) in [6, 6.07) is 13.9. The number of nitrogens with zero attached hydrogens (tertiary/aromatic N) is 2. The summed E-state index contributed by atoms with van der Waals surface area (Å²) in [5.41, 5.74) is 2.44. The highest BCUT2D eigenvalue weighted by Crippen LogP contribution is 2.37. The van der Waals surface area contributed by atoms with Gasteiger partial charge in [0.1, 0.15) is 11.5 Å². The van der Waals surface area contributed by atoms with Gasteiger partial charge in [0.2, 0.25) is 0 Å². The number of aliphatic hydroxyl groups excluding tert-OH is 1. The molecule has 0 saturated carbocycles. The number of aliphatic hydroxyl groups is 1. The molecule has 0 radical (unpaired) electrons. The van der Waals surface area contributed by atoms with Crippen LogP contribution in [-0.2, 0) is 17.6 Å². The lowest BCUT2D eigenvalue weighted by molar-refractivity contribution is -0.117. The molecule has 0 aliphatic heterocycles. The molecule has 0 spiro atoms. The lowest BCUT2D eigenvalue weighted by Gasteiger charge is -2.30. The standard InChI is InChI=1S/C28H28N2O4/c1-28(2)15-23(32)26(24(33)16-28)20(29-19-11-10-17-6-3-4-7-18(17)14-19)12-13-21-27-22(31)8-5-9-25(27)34-30-21/h3-4,6-7,10-11,14,32H,5,8-9,12-13,15-16H2,1-2H3.